The zero-order valence-electron chi connectivity index (χ0n) is 4.94. The van der Waals surface area contributed by atoms with Crippen molar-refractivity contribution in [2.75, 3.05) is 5.88 Å². The van der Waals surface area contributed by atoms with E-state index in [1.165, 1.54) is 0 Å². The first kappa shape index (κ1) is 10.1. The summed E-state index contributed by atoms with van der Waals surface area (Å²) in [5, 5.41) is 0. The van der Waals surface area contributed by atoms with Crippen LogP contribution in [0.25, 0.3) is 0 Å². The largest absolute Gasteiger partial charge is 0.424 e. The fraction of sp³-hybridized carbons (Fsp3) is 0.400. The molecule has 58 valence electrons. The van der Waals surface area contributed by atoms with Gasteiger partial charge in [0.2, 0.25) is 0 Å². The molecule has 0 saturated heterocycles. The van der Waals surface area contributed by atoms with E-state index in [4.69, 9.17) is 34.8 Å². The Morgan fingerprint density at radius 2 is 2.20 bits per heavy atom. The van der Waals surface area contributed by atoms with E-state index in [0.717, 1.165) is 6.08 Å². The molecule has 0 bridgehead atoms. The second-order valence-electron chi connectivity index (χ2n) is 1.40. The first-order chi connectivity index (χ1) is 4.52. The maximum Gasteiger partial charge on any atom is 0.332 e. The number of alkyl halides is 3. The molecular formula is C5H5Cl3O2. The van der Waals surface area contributed by atoms with Crippen molar-refractivity contribution in [2.24, 2.45) is 0 Å². The molecule has 0 radical (unpaired) electrons. The Labute approximate surface area is 73.7 Å². The monoisotopic (exact) mass is 202 g/mol. The van der Waals surface area contributed by atoms with Gasteiger partial charge in [0.25, 0.3) is 4.52 Å². The van der Waals surface area contributed by atoms with Gasteiger partial charge in [-0.15, -0.1) is 11.6 Å². The van der Waals surface area contributed by atoms with Crippen molar-refractivity contribution in [3.63, 3.8) is 0 Å². The molecule has 0 aromatic carbocycles. The molecule has 0 aromatic rings. The zero-order valence-corrected chi connectivity index (χ0v) is 7.21. The minimum absolute atomic E-state index is 0.185. The molecule has 0 aliphatic carbocycles. The number of hydrogen-bond donors (Lipinski definition) is 0. The second-order valence-corrected chi connectivity index (χ2v) is 3.08. The number of rotatable bonds is 3. The molecule has 0 unspecified atom stereocenters. The van der Waals surface area contributed by atoms with Gasteiger partial charge < -0.3 is 4.74 Å². The molecule has 0 saturated carbocycles. The van der Waals surface area contributed by atoms with Crippen molar-refractivity contribution in [3.05, 3.63) is 12.7 Å². The average molecular weight is 203 g/mol. The number of esters is 1. The molecule has 0 spiro atoms. The van der Waals surface area contributed by atoms with E-state index in [0.29, 0.717) is 0 Å². The van der Waals surface area contributed by atoms with Crippen LogP contribution in [0.5, 0.6) is 0 Å². The predicted molar refractivity (Wildman–Crippen MR) is 41.4 cm³/mol. The summed E-state index contributed by atoms with van der Waals surface area (Å²) in [5.41, 5.74) is 0. The van der Waals surface area contributed by atoms with Gasteiger partial charge in [0, 0.05) is 6.08 Å². The van der Waals surface area contributed by atoms with Crippen LogP contribution in [0.4, 0.5) is 0 Å². The summed E-state index contributed by atoms with van der Waals surface area (Å²) in [6, 6.07) is 0. The molecule has 10 heavy (non-hydrogen) atoms. The summed E-state index contributed by atoms with van der Waals surface area (Å²) in [6.07, 6.45) is 0.950. The Morgan fingerprint density at radius 3 is 2.50 bits per heavy atom. The summed E-state index contributed by atoms with van der Waals surface area (Å²) >= 11 is 15.9. The van der Waals surface area contributed by atoms with Crippen molar-refractivity contribution >= 4 is 40.8 Å². The molecule has 0 aromatic heterocycles. The molecule has 0 amide bonds. The van der Waals surface area contributed by atoms with Crippen LogP contribution in [-0.4, -0.2) is 16.4 Å². The average Bonchev–Trinajstić information content (AvgIpc) is 1.87. The number of ether oxygens (including phenoxy) is 1. The number of hydrogen-bond acceptors (Lipinski definition) is 2. The van der Waals surface area contributed by atoms with Crippen molar-refractivity contribution < 1.29 is 9.53 Å². The highest BCUT2D eigenvalue weighted by atomic mass is 35.5. The van der Waals surface area contributed by atoms with E-state index in [9.17, 15) is 4.79 Å². The van der Waals surface area contributed by atoms with Crippen molar-refractivity contribution in [3.8, 4) is 0 Å². The van der Waals surface area contributed by atoms with Gasteiger partial charge in [0.1, 0.15) is 0 Å². The summed E-state index contributed by atoms with van der Waals surface area (Å²) in [5.74, 6) is -0.888. The fourth-order valence-corrected chi connectivity index (χ4v) is 0.423. The van der Waals surface area contributed by atoms with E-state index < -0.39 is 10.5 Å². The molecule has 0 rings (SSSR count). The normalized spacial score (nSPS) is 10.7. The maximum absolute atomic E-state index is 10.4. The molecule has 2 nitrogen and oxygen atoms in total. The Morgan fingerprint density at radius 1 is 1.70 bits per heavy atom. The lowest BCUT2D eigenvalue weighted by Gasteiger charge is -2.14. The van der Waals surface area contributed by atoms with E-state index >= 15 is 0 Å². The lowest BCUT2D eigenvalue weighted by molar-refractivity contribution is -0.140. The van der Waals surface area contributed by atoms with E-state index in [1.807, 2.05) is 0 Å². The Kier molecular flexibility index (Phi) is 4.09. The van der Waals surface area contributed by atoms with Gasteiger partial charge >= 0.3 is 5.97 Å². The maximum atomic E-state index is 10.4. The third kappa shape index (κ3) is 3.99. The minimum atomic E-state index is -1.65. The predicted octanol–water partition coefficient (Wildman–Crippen LogP) is 2.09. The molecule has 0 N–H and O–H groups in total. The van der Waals surface area contributed by atoms with Crippen LogP contribution in [0.15, 0.2) is 12.7 Å². The van der Waals surface area contributed by atoms with Gasteiger partial charge in [-0.2, -0.15) is 0 Å². The minimum Gasteiger partial charge on any atom is -0.424 e. The highest BCUT2D eigenvalue weighted by Gasteiger charge is 2.26. The summed E-state index contributed by atoms with van der Waals surface area (Å²) in [6.45, 7) is 3.14. The lowest BCUT2D eigenvalue weighted by Crippen LogP contribution is -2.22. The van der Waals surface area contributed by atoms with Crippen molar-refractivity contribution in [1.82, 2.24) is 0 Å². The Hall–Kier alpha value is 0.0800. The molecule has 0 atom stereocenters. The third-order valence-corrected chi connectivity index (χ3v) is 1.64. The van der Waals surface area contributed by atoms with Crippen molar-refractivity contribution in [2.45, 2.75) is 4.52 Å². The third-order valence-electron chi connectivity index (χ3n) is 0.572. The van der Waals surface area contributed by atoms with Crippen LogP contribution in [0.1, 0.15) is 0 Å². The van der Waals surface area contributed by atoms with Crippen molar-refractivity contribution in [1.29, 1.82) is 0 Å². The molecule has 0 aliphatic rings. The summed E-state index contributed by atoms with van der Waals surface area (Å²) in [7, 11) is 0. The van der Waals surface area contributed by atoms with Crippen LogP contribution in [0.3, 0.4) is 0 Å². The van der Waals surface area contributed by atoms with Gasteiger partial charge in [0.15, 0.2) is 0 Å². The van der Waals surface area contributed by atoms with E-state index in [1.54, 1.807) is 0 Å². The molecule has 0 fully saturated rings. The van der Waals surface area contributed by atoms with Crippen LogP contribution >= 0.6 is 34.8 Å². The second kappa shape index (κ2) is 4.06. The Balaban J connectivity index is 3.87. The molecular weight excluding hydrogens is 198 g/mol. The van der Waals surface area contributed by atoms with Gasteiger partial charge in [-0.05, 0) is 0 Å². The SMILES string of the molecule is C=CC(=O)OC(Cl)(Cl)CCl. The highest BCUT2D eigenvalue weighted by Crippen LogP contribution is 2.23. The molecule has 0 aliphatic heterocycles. The standard InChI is InChI=1S/C5H5Cl3O2/c1-2-4(9)10-5(7,8)3-6/h2H,1,3H2. The number of carbonyl (C=O) groups excluding carboxylic acids is 1. The topological polar surface area (TPSA) is 26.3 Å². The van der Waals surface area contributed by atoms with Crippen LogP contribution in [0, 0.1) is 0 Å². The number of carbonyl (C=O) groups is 1. The Bertz CT molecular complexity index is 144. The van der Waals surface area contributed by atoms with Gasteiger partial charge in [-0.3, -0.25) is 0 Å². The highest BCUT2D eigenvalue weighted by molar-refractivity contribution is 6.50. The smallest absolute Gasteiger partial charge is 0.332 e. The van der Waals surface area contributed by atoms with Crippen LogP contribution < -0.4 is 0 Å². The van der Waals surface area contributed by atoms with Gasteiger partial charge in [0.05, 0.1) is 5.88 Å². The quantitative estimate of drug-likeness (QED) is 0.399. The number of halogens is 3. The zero-order chi connectivity index (χ0) is 8.20. The summed E-state index contributed by atoms with van der Waals surface area (Å²) in [4.78, 5) is 10.4. The van der Waals surface area contributed by atoms with E-state index in [2.05, 4.69) is 11.3 Å². The van der Waals surface area contributed by atoms with Crippen LogP contribution in [0.2, 0.25) is 0 Å². The van der Waals surface area contributed by atoms with Gasteiger partial charge in [-0.1, -0.05) is 29.8 Å². The fourth-order valence-electron chi connectivity index (χ4n) is 0.216. The molecule has 5 heteroatoms. The first-order valence-corrected chi connectivity index (χ1v) is 3.60. The van der Waals surface area contributed by atoms with Gasteiger partial charge in [-0.25, -0.2) is 4.79 Å². The lowest BCUT2D eigenvalue weighted by atomic mass is 10.6. The molecule has 0 heterocycles. The first-order valence-electron chi connectivity index (χ1n) is 2.31. The van der Waals surface area contributed by atoms with Crippen LogP contribution in [-0.2, 0) is 9.53 Å². The van der Waals surface area contributed by atoms with E-state index in [-0.39, 0.29) is 5.88 Å². The summed E-state index contributed by atoms with van der Waals surface area (Å²) < 4.78 is 2.73.